The molecule has 0 radical (unpaired) electrons. The monoisotopic (exact) mass is 1050 g/mol. The fraction of sp³-hybridized carbons (Fsp3) is 0.649. The van der Waals surface area contributed by atoms with Crippen molar-refractivity contribution in [3.63, 3.8) is 0 Å². The number of aliphatic hydroxyl groups excluding tert-OH is 4. The van der Waals surface area contributed by atoms with Gasteiger partial charge in [0.2, 0.25) is 41.4 Å². The van der Waals surface area contributed by atoms with Crippen LogP contribution in [0, 0.1) is 0 Å². The minimum absolute atomic E-state index is 0. The minimum Gasteiger partial charge on any atom is -0.480 e. The van der Waals surface area contributed by atoms with Crippen molar-refractivity contribution in [2.45, 2.75) is 118 Å². The molecule has 0 saturated carbocycles. The SMILES string of the molecule is CC(=O)N(O)CCCC(N)C(=O)NC(CCCN(O)C(C)=O)C(=O)NC(CCCN(O)C(C)=O)C(=O)NC(CO)C(=O)NC(C(=O)O)C(O)C1SC(n2cc/c(=N\C(N)=O)n(C)c2=O)C(O)C1O.[Fe]. The van der Waals surface area contributed by atoms with Gasteiger partial charge in [0.15, 0.2) is 6.04 Å². The fourth-order valence-corrected chi connectivity index (χ4v) is 8.03. The molecule has 1 aliphatic heterocycles. The van der Waals surface area contributed by atoms with Gasteiger partial charge in [0.25, 0.3) is 0 Å². The van der Waals surface area contributed by atoms with Crippen LogP contribution in [0.3, 0.4) is 0 Å². The number of thioether (sulfide) groups is 1. The summed E-state index contributed by atoms with van der Waals surface area (Å²) < 4.78 is 1.78. The van der Waals surface area contributed by atoms with Crippen molar-refractivity contribution in [1.29, 1.82) is 0 Å². The van der Waals surface area contributed by atoms with Crippen LogP contribution in [0.5, 0.6) is 0 Å². The van der Waals surface area contributed by atoms with E-state index in [-0.39, 0.29) is 74.3 Å². The molecule has 1 aliphatic rings. The summed E-state index contributed by atoms with van der Waals surface area (Å²) >= 11 is 0.545. The van der Waals surface area contributed by atoms with Crippen molar-refractivity contribution in [2.75, 3.05) is 26.2 Å². The van der Waals surface area contributed by atoms with Gasteiger partial charge in [-0.1, -0.05) is 0 Å². The zero-order valence-corrected chi connectivity index (χ0v) is 39.7. The van der Waals surface area contributed by atoms with E-state index in [4.69, 9.17) is 11.5 Å². The summed E-state index contributed by atoms with van der Waals surface area (Å²) in [7, 11) is 1.21. The van der Waals surface area contributed by atoms with E-state index in [1.54, 1.807) is 0 Å². The number of rotatable bonds is 25. The summed E-state index contributed by atoms with van der Waals surface area (Å²) in [5.74, 6) is -8.71. The quantitative estimate of drug-likeness (QED) is 0.0246. The average Bonchev–Trinajstić information content (AvgIpc) is 3.56. The Balaban J connectivity index is 0.0000238. The number of carbonyl (C=O) groups excluding carboxylic acids is 8. The molecule has 0 aromatic carbocycles. The smallest absolute Gasteiger partial charge is 0.340 e. The topological polar surface area (TPSA) is 465 Å². The molecule has 1 saturated heterocycles. The molecule has 1 aromatic rings. The number of primary amides is 1. The van der Waals surface area contributed by atoms with Crippen LogP contribution in [0.25, 0.3) is 0 Å². The Hall–Kier alpha value is -5.54. The van der Waals surface area contributed by atoms with Gasteiger partial charge in [-0.2, -0.15) is 4.99 Å². The zero-order chi connectivity index (χ0) is 51.7. The van der Waals surface area contributed by atoms with Crippen molar-refractivity contribution in [3.8, 4) is 0 Å². The summed E-state index contributed by atoms with van der Waals surface area (Å²) in [6.45, 7) is 1.07. The first-order valence-electron chi connectivity index (χ1n) is 20.8. The summed E-state index contributed by atoms with van der Waals surface area (Å²) in [6, 6.07) is -8.79. The number of hydrogen-bond donors (Lipinski definition) is 14. The van der Waals surface area contributed by atoms with Crippen LogP contribution in [0.4, 0.5) is 4.79 Å². The van der Waals surface area contributed by atoms with Gasteiger partial charge in [0.1, 0.15) is 35.1 Å². The maximum absolute atomic E-state index is 13.8. The normalized spacial score (nSPS) is 19.3. The number of amides is 9. The first-order chi connectivity index (χ1) is 31.7. The molecule has 0 bridgehead atoms. The third kappa shape index (κ3) is 18.4. The van der Waals surface area contributed by atoms with E-state index in [1.165, 1.54) is 13.1 Å². The molecule has 32 heteroatoms. The number of aliphatic hydroxyl groups is 4. The zero-order valence-electron chi connectivity index (χ0n) is 37.8. The second-order valence-electron chi connectivity index (χ2n) is 15.5. The van der Waals surface area contributed by atoms with Crippen LogP contribution >= 0.6 is 11.8 Å². The van der Waals surface area contributed by atoms with Crippen LogP contribution in [0.2, 0.25) is 0 Å². The van der Waals surface area contributed by atoms with Crippen molar-refractivity contribution >= 4 is 65.1 Å². The number of aromatic nitrogens is 2. The standard InChI is InChI=1S/C37H60N12O18S.Fe/c1-17(51)47(65)12-5-8-20(38)30(57)40-21(9-6-13-48(66)18(2)52)31(58)41-22(10-7-14-49(67)19(3)53)32(59)42-23(16-50)33(60)44-25(35(61)62)26(54)29-27(55)28(56)34(68-29)46-15-11-24(43-36(39)63)45(4)37(46)64;/h11,15,20-23,25-29,34,50,54-56,65-67H,5-10,12-14,16,38H2,1-4H3,(H2,39,63)(H,40,57)(H,41,58)(H,42,59)(H,44,60)(H,61,62);/b43-24+;. The molecule has 390 valence electrons. The van der Waals surface area contributed by atoms with Crippen molar-refractivity contribution in [3.05, 3.63) is 28.2 Å². The molecule has 30 nitrogen and oxygen atoms in total. The number of nitrogens with two attached hydrogens (primary N) is 2. The number of urea groups is 1. The van der Waals surface area contributed by atoms with Crippen LogP contribution in [0.15, 0.2) is 22.1 Å². The maximum atomic E-state index is 13.8. The van der Waals surface area contributed by atoms with Gasteiger partial charge in [-0.05, 0) is 44.6 Å². The Kier molecular flexibility index (Phi) is 25.7. The number of aliphatic carboxylic acids is 1. The summed E-state index contributed by atoms with van der Waals surface area (Å²) in [5.41, 5.74) is 9.99. The van der Waals surface area contributed by atoms with Crippen molar-refractivity contribution in [2.24, 2.45) is 23.5 Å². The largest absolute Gasteiger partial charge is 0.480 e. The average molecular weight is 1050 g/mol. The molecule has 1 fully saturated rings. The molecular weight excluding hydrogens is 988 g/mol. The molecule has 1 aromatic heterocycles. The molecule has 16 N–H and O–H groups in total. The third-order valence-electron chi connectivity index (χ3n) is 10.4. The minimum atomic E-state index is -2.31. The Labute approximate surface area is 407 Å². The predicted molar refractivity (Wildman–Crippen MR) is 229 cm³/mol. The molecule has 10 unspecified atom stereocenters. The molecule has 0 spiro atoms. The number of hydroxylamine groups is 6. The number of hydrogen-bond acceptors (Lipinski definition) is 19. The number of carbonyl (C=O) groups is 9. The van der Waals surface area contributed by atoms with Crippen LogP contribution < -0.4 is 43.9 Å². The Morgan fingerprint density at radius 1 is 0.754 bits per heavy atom. The predicted octanol–water partition coefficient (Wildman–Crippen LogP) is -6.74. The van der Waals surface area contributed by atoms with E-state index in [0.29, 0.717) is 27.0 Å². The second kappa shape index (κ2) is 28.8. The van der Waals surface area contributed by atoms with E-state index in [1.807, 2.05) is 5.32 Å². The van der Waals surface area contributed by atoms with Crippen LogP contribution in [-0.2, 0) is 62.5 Å². The Morgan fingerprint density at radius 3 is 1.62 bits per heavy atom. The van der Waals surface area contributed by atoms with Gasteiger partial charge in [-0.25, -0.2) is 29.6 Å². The van der Waals surface area contributed by atoms with Gasteiger partial charge in [0, 0.05) is 70.7 Å². The van der Waals surface area contributed by atoms with E-state index in [9.17, 15) is 89.1 Å². The molecule has 0 aliphatic carbocycles. The van der Waals surface area contributed by atoms with Gasteiger partial charge in [-0.3, -0.25) is 58.3 Å². The first-order valence-corrected chi connectivity index (χ1v) is 21.7. The third-order valence-corrected chi connectivity index (χ3v) is 12.0. The van der Waals surface area contributed by atoms with Gasteiger partial charge in [0.05, 0.1) is 30.1 Å². The molecular formula is C37H60FeN12O18S. The second-order valence-corrected chi connectivity index (χ2v) is 16.8. The fourth-order valence-electron chi connectivity index (χ4n) is 6.46. The van der Waals surface area contributed by atoms with E-state index in [2.05, 4.69) is 20.9 Å². The van der Waals surface area contributed by atoms with E-state index < -0.39 is 131 Å². The number of nitrogens with zero attached hydrogens (tertiary/aromatic N) is 6. The molecule has 2 rings (SSSR count). The van der Waals surface area contributed by atoms with Crippen molar-refractivity contribution < 1.29 is 101 Å². The number of nitrogens with one attached hydrogen (secondary N) is 4. The van der Waals surface area contributed by atoms with Gasteiger partial charge in [-0.15, -0.1) is 11.8 Å². The Bertz CT molecular complexity index is 2130. The van der Waals surface area contributed by atoms with Gasteiger partial charge < -0.3 is 58.3 Å². The van der Waals surface area contributed by atoms with Crippen LogP contribution in [0.1, 0.15) is 64.7 Å². The maximum Gasteiger partial charge on any atom is 0.340 e. The summed E-state index contributed by atoms with van der Waals surface area (Å²) in [6.07, 6.45) is -5.91. The van der Waals surface area contributed by atoms with E-state index in [0.717, 1.165) is 36.1 Å². The number of carboxylic acids is 1. The molecule has 10 atom stereocenters. The van der Waals surface area contributed by atoms with Crippen LogP contribution in [-0.4, -0.2) is 199 Å². The molecule has 69 heavy (non-hydrogen) atoms. The summed E-state index contributed by atoms with van der Waals surface area (Å²) in [5, 5.41) is 89.5. The number of carboxylic acid groups (broad SMARTS) is 1. The summed E-state index contributed by atoms with van der Waals surface area (Å²) in [4.78, 5) is 129. The molecule has 2 heterocycles. The first kappa shape index (κ1) is 61.5. The molecule has 9 amide bonds. The van der Waals surface area contributed by atoms with Crippen molar-refractivity contribution in [1.82, 2.24) is 45.6 Å². The van der Waals surface area contributed by atoms with Gasteiger partial charge >= 0.3 is 17.7 Å². The van der Waals surface area contributed by atoms with E-state index >= 15 is 0 Å². The Morgan fingerprint density at radius 2 is 1.19 bits per heavy atom.